The topological polar surface area (TPSA) is 95.0 Å². The zero-order valence-corrected chi connectivity index (χ0v) is 18.6. The molecule has 1 amide bonds. The number of hydrogen-bond acceptors (Lipinski definition) is 4. The quantitative estimate of drug-likeness (QED) is 0.187. The second-order valence-corrected chi connectivity index (χ2v) is 6.05. The van der Waals surface area contributed by atoms with Crippen molar-refractivity contribution in [3.63, 3.8) is 0 Å². The second kappa shape index (κ2) is 12.8. The third-order valence-electron chi connectivity index (χ3n) is 3.58. The molecule has 0 bridgehead atoms. The molecule has 7 nitrogen and oxygen atoms in total. The first-order chi connectivity index (χ1) is 13.5. The fraction of sp³-hybridized carbons (Fsp3) is 0.300. The highest BCUT2D eigenvalue weighted by Gasteiger charge is 2.07. The molecule has 0 saturated heterocycles. The molecule has 2 aromatic rings. The van der Waals surface area contributed by atoms with Gasteiger partial charge in [-0.3, -0.25) is 4.79 Å². The van der Waals surface area contributed by atoms with Gasteiger partial charge in [-0.1, -0.05) is 0 Å². The van der Waals surface area contributed by atoms with Gasteiger partial charge in [0, 0.05) is 12.2 Å². The van der Waals surface area contributed by atoms with Crippen LogP contribution in [0.4, 0.5) is 10.1 Å². The number of nitrogens with zero attached hydrogens (tertiary/aromatic N) is 1. The number of halogens is 2. The average Bonchev–Trinajstić information content (AvgIpc) is 2.67. The van der Waals surface area contributed by atoms with Gasteiger partial charge in [-0.15, -0.1) is 24.0 Å². The lowest BCUT2D eigenvalue weighted by Gasteiger charge is -2.17. The number of carbonyl (C=O) groups is 1. The number of guanidine groups is 1. The van der Waals surface area contributed by atoms with Crippen LogP contribution in [0.25, 0.3) is 0 Å². The van der Waals surface area contributed by atoms with Crippen molar-refractivity contribution in [3.8, 4) is 11.5 Å². The Morgan fingerprint density at radius 2 is 1.79 bits per heavy atom. The van der Waals surface area contributed by atoms with E-state index in [2.05, 4.69) is 20.9 Å². The van der Waals surface area contributed by atoms with Gasteiger partial charge in [0.2, 0.25) is 5.91 Å². The number of aliphatic imine (C=N–C) groups is 1. The molecule has 0 aliphatic carbocycles. The molecule has 1 atom stereocenters. The monoisotopic (exact) mass is 516 g/mol. The summed E-state index contributed by atoms with van der Waals surface area (Å²) in [5.74, 6) is 0.597. The Hall–Kier alpha value is -2.56. The molecule has 0 aromatic heterocycles. The Morgan fingerprint density at radius 1 is 1.14 bits per heavy atom. The first kappa shape index (κ1) is 24.5. The van der Waals surface area contributed by atoms with Crippen LogP contribution in [0.2, 0.25) is 0 Å². The molecule has 0 aliphatic heterocycles. The fourth-order valence-corrected chi connectivity index (χ4v) is 2.27. The van der Waals surface area contributed by atoms with Crippen LogP contribution in [0, 0.1) is 5.82 Å². The van der Waals surface area contributed by atoms with Crippen molar-refractivity contribution in [2.75, 3.05) is 25.0 Å². The maximum atomic E-state index is 12.9. The van der Waals surface area contributed by atoms with Gasteiger partial charge in [-0.25, -0.2) is 9.38 Å². The molecule has 0 aliphatic rings. The predicted molar refractivity (Wildman–Crippen MR) is 123 cm³/mol. The first-order valence-corrected chi connectivity index (χ1v) is 8.99. The number of nitrogens with one attached hydrogen (secondary N) is 3. The third-order valence-corrected chi connectivity index (χ3v) is 3.58. The second-order valence-electron chi connectivity index (χ2n) is 6.05. The van der Waals surface area contributed by atoms with E-state index in [1.807, 2.05) is 13.8 Å². The summed E-state index contributed by atoms with van der Waals surface area (Å²) in [5, 5.41) is 18.1. The van der Waals surface area contributed by atoms with Crippen molar-refractivity contribution in [2.24, 2.45) is 4.99 Å². The Kier molecular flexibility index (Phi) is 10.8. The summed E-state index contributed by atoms with van der Waals surface area (Å²) in [6.45, 7) is 4.81. The highest BCUT2D eigenvalue weighted by Crippen LogP contribution is 2.14. The zero-order chi connectivity index (χ0) is 20.4. The van der Waals surface area contributed by atoms with Crippen molar-refractivity contribution in [2.45, 2.75) is 20.0 Å². The number of anilines is 1. The van der Waals surface area contributed by atoms with Crippen LogP contribution >= 0.6 is 24.0 Å². The van der Waals surface area contributed by atoms with E-state index < -0.39 is 0 Å². The summed E-state index contributed by atoms with van der Waals surface area (Å²) in [5.41, 5.74) is 0.581. The molecule has 0 radical (unpaired) electrons. The molecule has 4 N–H and O–H groups in total. The highest BCUT2D eigenvalue weighted by atomic mass is 127. The van der Waals surface area contributed by atoms with E-state index in [1.54, 1.807) is 24.3 Å². The van der Waals surface area contributed by atoms with E-state index in [-0.39, 0.29) is 54.1 Å². The van der Waals surface area contributed by atoms with Crippen molar-refractivity contribution < 1.29 is 19.0 Å². The first-order valence-electron chi connectivity index (χ1n) is 8.99. The van der Waals surface area contributed by atoms with Crippen molar-refractivity contribution in [1.82, 2.24) is 10.6 Å². The van der Waals surface area contributed by atoms with Gasteiger partial charge in [-0.05, 0) is 62.4 Å². The summed E-state index contributed by atoms with van der Waals surface area (Å²) in [7, 11) is 0. The van der Waals surface area contributed by atoms with Gasteiger partial charge in [0.25, 0.3) is 0 Å². The summed E-state index contributed by atoms with van der Waals surface area (Å²) in [4.78, 5) is 16.3. The average molecular weight is 516 g/mol. The number of amides is 1. The molecule has 0 saturated carbocycles. The normalized spacial score (nSPS) is 11.8. The van der Waals surface area contributed by atoms with Crippen molar-refractivity contribution in [3.05, 3.63) is 54.3 Å². The number of benzene rings is 2. The zero-order valence-electron chi connectivity index (χ0n) is 16.3. The summed E-state index contributed by atoms with van der Waals surface area (Å²) in [6, 6.07) is 12.0. The maximum absolute atomic E-state index is 12.9. The SMILES string of the molecule is CCNC(=NCC(=O)Nc1ccc(O)cc1)NCC(C)Oc1ccc(F)cc1.I. The number of aromatic hydroxyl groups is 1. The Balaban J connectivity index is 0.00000420. The lowest BCUT2D eigenvalue weighted by Crippen LogP contribution is -2.42. The van der Waals surface area contributed by atoms with Crippen LogP contribution in [-0.4, -0.2) is 42.7 Å². The molecule has 0 fully saturated rings. The third kappa shape index (κ3) is 9.46. The van der Waals surface area contributed by atoms with Crippen LogP contribution in [0.5, 0.6) is 11.5 Å². The maximum Gasteiger partial charge on any atom is 0.246 e. The Morgan fingerprint density at radius 3 is 2.41 bits per heavy atom. The number of ether oxygens (including phenoxy) is 1. The van der Waals surface area contributed by atoms with Gasteiger partial charge in [0.05, 0.1) is 6.54 Å². The van der Waals surface area contributed by atoms with E-state index in [1.165, 1.54) is 24.3 Å². The highest BCUT2D eigenvalue weighted by molar-refractivity contribution is 14.0. The van der Waals surface area contributed by atoms with Gasteiger partial charge < -0.3 is 25.8 Å². The molecule has 158 valence electrons. The lowest BCUT2D eigenvalue weighted by atomic mass is 10.3. The summed E-state index contributed by atoms with van der Waals surface area (Å²) >= 11 is 0. The number of rotatable bonds is 8. The van der Waals surface area contributed by atoms with Crippen LogP contribution in [0.1, 0.15) is 13.8 Å². The van der Waals surface area contributed by atoms with Crippen LogP contribution < -0.4 is 20.7 Å². The standard InChI is InChI=1S/C20H25FN4O3.HI/c1-3-22-20(23-12-14(2)28-18-10-4-15(21)5-11-18)24-13-19(27)25-16-6-8-17(26)9-7-16;/h4-11,14,26H,3,12-13H2,1-2H3,(H,25,27)(H2,22,23,24);1H. The predicted octanol–water partition coefficient (Wildman–Crippen LogP) is 3.11. The molecule has 9 heteroatoms. The molecule has 0 heterocycles. The minimum Gasteiger partial charge on any atom is -0.508 e. The van der Waals surface area contributed by atoms with Gasteiger partial charge >= 0.3 is 0 Å². The number of carbonyl (C=O) groups excluding carboxylic acids is 1. The Labute approximate surface area is 186 Å². The summed E-state index contributed by atoms with van der Waals surface area (Å²) in [6.07, 6.45) is -0.194. The van der Waals surface area contributed by atoms with Crippen LogP contribution in [-0.2, 0) is 4.79 Å². The minimum atomic E-state index is -0.315. The minimum absolute atomic E-state index is 0. The number of hydrogen-bond donors (Lipinski definition) is 4. The van der Waals surface area contributed by atoms with E-state index in [4.69, 9.17) is 4.74 Å². The smallest absolute Gasteiger partial charge is 0.246 e. The largest absolute Gasteiger partial charge is 0.508 e. The van der Waals surface area contributed by atoms with Crippen molar-refractivity contribution in [1.29, 1.82) is 0 Å². The molecular formula is C20H26FIN4O3. The van der Waals surface area contributed by atoms with Gasteiger partial charge in [-0.2, -0.15) is 0 Å². The van der Waals surface area contributed by atoms with E-state index >= 15 is 0 Å². The number of phenols is 1. The van der Waals surface area contributed by atoms with E-state index in [0.29, 0.717) is 30.5 Å². The molecule has 2 rings (SSSR count). The molecule has 1 unspecified atom stereocenters. The molecule has 0 spiro atoms. The lowest BCUT2D eigenvalue weighted by molar-refractivity contribution is -0.114. The van der Waals surface area contributed by atoms with Crippen LogP contribution in [0.3, 0.4) is 0 Å². The fourth-order valence-electron chi connectivity index (χ4n) is 2.27. The Bertz CT molecular complexity index is 785. The van der Waals surface area contributed by atoms with Crippen LogP contribution in [0.15, 0.2) is 53.5 Å². The molecule has 29 heavy (non-hydrogen) atoms. The van der Waals surface area contributed by atoms with Gasteiger partial charge in [0.1, 0.15) is 30.0 Å². The molecular weight excluding hydrogens is 490 g/mol. The molecule has 2 aromatic carbocycles. The van der Waals surface area contributed by atoms with Gasteiger partial charge in [0.15, 0.2) is 5.96 Å². The van der Waals surface area contributed by atoms with E-state index in [0.717, 1.165) is 0 Å². The van der Waals surface area contributed by atoms with E-state index in [9.17, 15) is 14.3 Å². The summed E-state index contributed by atoms with van der Waals surface area (Å²) < 4.78 is 18.6. The number of phenolic OH excluding ortho intramolecular Hbond substituents is 1. The van der Waals surface area contributed by atoms with Crippen molar-refractivity contribution >= 4 is 41.5 Å².